The first-order valence-electron chi connectivity index (χ1n) is 16.9. The monoisotopic (exact) mass is 641 g/mol. The highest BCUT2D eigenvalue weighted by Gasteiger charge is 2.26. The minimum atomic E-state index is 1.16. The Morgan fingerprint density at radius 1 is 0.510 bits per heavy atom. The van der Waals surface area contributed by atoms with E-state index in [2.05, 4.69) is 170 Å². The second-order valence-electron chi connectivity index (χ2n) is 12.8. The highest BCUT2D eigenvalue weighted by Crippen LogP contribution is 2.52. The zero-order chi connectivity index (χ0) is 32.6. The summed E-state index contributed by atoms with van der Waals surface area (Å²) in [6, 6.07) is 51.1. The lowest BCUT2D eigenvalue weighted by molar-refractivity contribution is 1.20. The molecule has 2 heterocycles. The van der Waals surface area contributed by atoms with Gasteiger partial charge in [0, 0.05) is 47.3 Å². The lowest BCUT2D eigenvalue weighted by atomic mass is 9.92. The topological polar surface area (TPSA) is 4.93 Å². The fourth-order valence-corrected chi connectivity index (χ4v) is 9.69. The van der Waals surface area contributed by atoms with Gasteiger partial charge in [-0.25, -0.2) is 0 Å². The maximum Gasteiger partial charge on any atom is 0.0634 e. The summed E-state index contributed by atoms with van der Waals surface area (Å²) in [6.07, 6.45) is 6.49. The molecule has 0 bridgehead atoms. The molecule has 0 amide bonds. The van der Waals surface area contributed by atoms with Gasteiger partial charge in [0.25, 0.3) is 0 Å². The number of thiophene rings is 1. The van der Waals surface area contributed by atoms with Gasteiger partial charge in [0.1, 0.15) is 0 Å². The molecule has 10 rings (SSSR count). The second-order valence-corrected chi connectivity index (χ2v) is 13.8. The van der Waals surface area contributed by atoms with Crippen LogP contribution in [-0.2, 0) is 0 Å². The highest BCUT2D eigenvalue weighted by atomic mass is 32.1. The van der Waals surface area contributed by atoms with Gasteiger partial charge in [-0.05, 0) is 51.2 Å². The number of allylic oxidation sites excluding steroid dienone is 1. The number of nitrogens with zero attached hydrogens (tertiary/aromatic N) is 1. The minimum absolute atomic E-state index is 1.16. The molecule has 0 aliphatic carbocycles. The lowest BCUT2D eigenvalue weighted by Gasteiger charge is -2.16. The Labute approximate surface area is 288 Å². The fourth-order valence-electron chi connectivity index (χ4n) is 8.29. The molecule has 0 spiro atoms. The van der Waals surface area contributed by atoms with Crippen LogP contribution in [0, 0.1) is 0 Å². The van der Waals surface area contributed by atoms with E-state index in [4.69, 9.17) is 0 Å². The van der Waals surface area contributed by atoms with Crippen molar-refractivity contribution in [3.63, 3.8) is 0 Å². The van der Waals surface area contributed by atoms with Crippen LogP contribution < -0.4 is 0 Å². The van der Waals surface area contributed by atoms with Crippen LogP contribution in [0.15, 0.2) is 152 Å². The first-order valence-corrected chi connectivity index (χ1v) is 17.7. The van der Waals surface area contributed by atoms with Crippen molar-refractivity contribution >= 4 is 97.8 Å². The summed E-state index contributed by atoms with van der Waals surface area (Å²) in [7, 11) is 0. The summed E-state index contributed by atoms with van der Waals surface area (Å²) >= 11 is 1.94. The fraction of sp³-hybridized carbons (Fsp3) is 0.0213. The second kappa shape index (κ2) is 10.8. The molecular formula is C47H31NS. The molecule has 0 N–H and O–H groups in total. The van der Waals surface area contributed by atoms with Crippen LogP contribution in [0.5, 0.6) is 0 Å². The molecule has 2 heteroatoms. The third-order valence-corrected chi connectivity index (χ3v) is 11.5. The maximum absolute atomic E-state index is 4.36. The van der Waals surface area contributed by atoms with Gasteiger partial charge in [-0.3, -0.25) is 0 Å². The molecule has 0 saturated carbocycles. The third kappa shape index (κ3) is 3.87. The van der Waals surface area contributed by atoms with Crippen LogP contribution in [0.3, 0.4) is 0 Å². The summed E-state index contributed by atoms with van der Waals surface area (Å²) in [5.41, 5.74) is 8.53. The van der Waals surface area contributed by atoms with Gasteiger partial charge in [-0.2, -0.15) is 0 Å². The van der Waals surface area contributed by atoms with Crippen molar-refractivity contribution in [2.75, 3.05) is 0 Å². The SMILES string of the molecule is C=Cc1c(/C=C\C)c2c(c3ccccc13)c1c3sc4c(-c5ccccc5)cccc4c3c3ccccc3c1n2-c1cccc2ccccc12. The zero-order valence-electron chi connectivity index (χ0n) is 27.1. The molecule has 49 heavy (non-hydrogen) atoms. The van der Waals surface area contributed by atoms with Crippen LogP contribution in [0.25, 0.3) is 103 Å². The van der Waals surface area contributed by atoms with Crippen LogP contribution in [0.4, 0.5) is 0 Å². The van der Waals surface area contributed by atoms with Gasteiger partial charge in [0.05, 0.1) is 16.7 Å². The normalized spacial score (nSPS) is 12.2. The van der Waals surface area contributed by atoms with Crippen molar-refractivity contribution in [1.29, 1.82) is 0 Å². The Morgan fingerprint density at radius 2 is 1.14 bits per heavy atom. The van der Waals surface area contributed by atoms with E-state index in [9.17, 15) is 0 Å². The smallest absolute Gasteiger partial charge is 0.0634 e. The van der Waals surface area contributed by atoms with E-state index in [-0.39, 0.29) is 0 Å². The van der Waals surface area contributed by atoms with Gasteiger partial charge in [0.2, 0.25) is 0 Å². The van der Waals surface area contributed by atoms with Gasteiger partial charge in [0.15, 0.2) is 0 Å². The Morgan fingerprint density at radius 3 is 1.92 bits per heavy atom. The van der Waals surface area contributed by atoms with Crippen LogP contribution in [0.1, 0.15) is 18.1 Å². The largest absolute Gasteiger partial charge is 0.307 e. The van der Waals surface area contributed by atoms with E-state index < -0.39 is 0 Å². The van der Waals surface area contributed by atoms with E-state index in [0.29, 0.717) is 0 Å². The standard InChI is InChI=1S/C47H31NS/c1-3-16-37-31(4-2)34-22-10-11-23-35(34)42-43-45(48(44(37)42)40-28-14-20-29-19-8-9-21-32(29)40)38-25-13-12-24-36(38)41-39-27-15-26-33(46(39)49-47(41)43)30-17-6-5-7-18-30/h3-28H,2H2,1H3/b16-3-. The lowest BCUT2D eigenvalue weighted by Crippen LogP contribution is -1.99. The van der Waals surface area contributed by atoms with Gasteiger partial charge >= 0.3 is 0 Å². The molecule has 0 unspecified atom stereocenters. The number of fused-ring (bicyclic) bond motifs is 13. The van der Waals surface area contributed by atoms with E-state index in [1.807, 2.05) is 17.4 Å². The summed E-state index contributed by atoms with van der Waals surface area (Å²) in [4.78, 5) is 0. The Bertz CT molecular complexity index is 3000. The zero-order valence-corrected chi connectivity index (χ0v) is 27.9. The summed E-state index contributed by atoms with van der Waals surface area (Å²) in [5, 5.41) is 12.7. The van der Waals surface area contributed by atoms with E-state index in [1.54, 1.807) is 0 Å². The predicted octanol–water partition coefficient (Wildman–Crippen LogP) is 14.0. The molecule has 2 aromatic heterocycles. The summed E-state index contributed by atoms with van der Waals surface area (Å²) < 4.78 is 5.23. The molecule has 0 fully saturated rings. The van der Waals surface area contributed by atoms with E-state index in [1.165, 1.54) is 96.7 Å². The summed E-state index contributed by atoms with van der Waals surface area (Å²) in [6.45, 7) is 6.48. The highest BCUT2D eigenvalue weighted by molar-refractivity contribution is 7.27. The average Bonchev–Trinajstić information content (AvgIpc) is 3.73. The molecular weight excluding hydrogens is 611 g/mol. The number of rotatable bonds is 4. The first kappa shape index (κ1) is 28.1. The number of aromatic nitrogens is 1. The average molecular weight is 642 g/mol. The number of hydrogen-bond donors (Lipinski definition) is 0. The van der Waals surface area contributed by atoms with Crippen molar-refractivity contribution in [3.8, 4) is 16.8 Å². The Hall–Kier alpha value is -5.96. The van der Waals surface area contributed by atoms with Crippen molar-refractivity contribution in [2.24, 2.45) is 0 Å². The molecule has 10 aromatic rings. The summed E-state index contributed by atoms with van der Waals surface area (Å²) in [5.74, 6) is 0. The van der Waals surface area contributed by atoms with Gasteiger partial charge in [-0.1, -0.05) is 158 Å². The van der Waals surface area contributed by atoms with Gasteiger partial charge in [-0.15, -0.1) is 11.3 Å². The molecule has 0 saturated heterocycles. The van der Waals surface area contributed by atoms with Crippen molar-refractivity contribution < 1.29 is 0 Å². The van der Waals surface area contributed by atoms with Crippen molar-refractivity contribution in [1.82, 2.24) is 4.57 Å². The predicted molar refractivity (Wildman–Crippen MR) is 216 cm³/mol. The Balaban J connectivity index is 1.57. The molecule has 8 aromatic carbocycles. The van der Waals surface area contributed by atoms with Crippen LogP contribution in [0.2, 0.25) is 0 Å². The molecule has 0 aliphatic heterocycles. The minimum Gasteiger partial charge on any atom is -0.307 e. The van der Waals surface area contributed by atoms with E-state index >= 15 is 0 Å². The quantitative estimate of drug-likeness (QED) is 0.180. The molecule has 0 aliphatic rings. The van der Waals surface area contributed by atoms with Gasteiger partial charge < -0.3 is 4.57 Å². The number of benzene rings is 8. The van der Waals surface area contributed by atoms with Crippen LogP contribution >= 0.6 is 11.3 Å². The van der Waals surface area contributed by atoms with Crippen molar-refractivity contribution in [3.05, 3.63) is 163 Å². The Kier molecular flexibility index (Phi) is 6.18. The molecule has 0 radical (unpaired) electrons. The molecule has 1 nitrogen and oxygen atoms in total. The molecule has 0 atom stereocenters. The first-order chi connectivity index (χ1) is 24.3. The van der Waals surface area contributed by atoms with E-state index in [0.717, 1.165) is 5.56 Å². The number of hydrogen-bond acceptors (Lipinski definition) is 1. The third-order valence-electron chi connectivity index (χ3n) is 10.2. The van der Waals surface area contributed by atoms with Crippen molar-refractivity contribution in [2.45, 2.75) is 6.92 Å². The van der Waals surface area contributed by atoms with Crippen LogP contribution in [-0.4, -0.2) is 4.57 Å². The molecule has 230 valence electrons. The maximum atomic E-state index is 4.36.